The van der Waals surface area contributed by atoms with Gasteiger partial charge in [0.25, 0.3) is 0 Å². The van der Waals surface area contributed by atoms with Crippen molar-refractivity contribution in [1.29, 1.82) is 0 Å². The first-order valence-corrected chi connectivity index (χ1v) is 12.8. The van der Waals surface area contributed by atoms with Crippen LogP contribution in [0.3, 0.4) is 0 Å². The molecule has 1 unspecified atom stereocenters. The SMILES string of the molecule is CCCN1CC=C[C@@]2(CC)O[C@]34C=CCN(C(C)C)C(=O)C3N([C@@H](CC)CO)C(=O)[C@@H]4[C@H]2C1=O. The number of hydrogen-bond acceptors (Lipinski definition) is 5. The van der Waals surface area contributed by atoms with Gasteiger partial charge in [0.2, 0.25) is 17.7 Å². The molecule has 0 saturated carbocycles. The number of likely N-dealkylation sites (tertiary alicyclic amines) is 1. The number of fused-ring (bicyclic) bond motifs is 2. The Morgan fingerprint density at radius 2 is 1.74 bits per heavy atom. The van der Waals surface area contributed by atoms with E-state index in [2.05, 4.69) is 0 Å². The summed E-state index contributed by atoms with van der Waals surface area (Å²) in [6.45, 7) is 11.1. The second-order valence-electron chi connectivity index (χ2n) is 10.3. The molecular weight excluding hydrogens is 434 g/mol. The van der Waals surface area contributed by atoms with Crippen LogP contribution in [0.2, 0.25) is 0 Å². The lowest BCUT2D eigenvalue weighted by Gasteiger charge is -2.41. The van der Waals surface area contributed by atoms with E-state index in [1.165, 1.54) is 0 Å². The third-order valence-corrected chi connectivity index (χ3v) is 8.18. The van der Waals surface area contributed by atoms with Gasteiger partial charge in [0.15, 0.2) is 0 Å². The molecule has 3 amide bonds. The van der Waals surface area contributed by atoms with Gasteiger partial charge < -0.3 is 24.5 Å². The molecule has 1 spiro atoms. The molecule has 1 N–H and O–H groups in total. The van der Waals surface area contributed by atoms with Gasteiger partial charge >= 0.3 is 0 Å². The van der Waals surface area contributed by atoms with Crippen LogP contribution in [-0.4, -0.2) is 93.1 Å². The lowest BCUT2D eigenvalue weighted by Crippen LogP contribution is -2.59. The van der Waals surface area contributed by atoms with Crippen LogP contribution >= 0.6 is 0 Å². The zero-order chi connectivity index (χ0) is 24.8. The Balaban J connectivity index is 1.92. The Morgan fingerprint density at radius 3 is 2.32 bits per heavy atom. The van der Waals surface area contributed by atoms with E-state index in [-0.39, 0.29) is 30.4 Å². The monoisotopic (exact) mass is 473 g/mol. The largest absolute Gasteiger partial charge is 0.394 e. The maximum absolute atomic E-state index is 14.2. The van der Waals surface area contributed by atoms with E-state index in [0.717, 1.165) is 6.42 Å². The van der Waals surface area contributed by atoms with E-state index in [1.54, 1.807) is 14.7 Å². The van der Waals surface area contributed by atoms with E-state index < -0.39 is 35.1 Å². The van der Waals surface area contributed by atoms with Crippen LogP contribution in [0.4, 0.5) is 0 Å². The van der Waals surface area contributed by atoms with Crippen molar-refractivity contribution in [3.8, 4) is 0 Å². The number of amides is 3. The molecule has 8 heteroatoms. The zero-order valence-electron chi connectivity index (χ0n) is 21.1. The van der Waals surface area contributed by atoms with Crippen molar-refractivity contribution in [2.24, 2.45) is 11.8 Å². The topological polar surface area (TPSA) is 90.4 Å². The minimum atomic E-state index is -1.25. The van der Waals surface area contributed by atoms with Gasteiger partial charge in [0.1, 0.15) is 11.6 Å². The molecule has 0 aliphatic carbocycles. The molecule has 2 fully saturated rings. The van der Waals surface area contributed by atoms with Crippen LogP contribution in [0, 0.1) is 11.8 Å². The average Bonchev–Trinajstić information content (AvgIpc) is 3.10. The molecule has 8 nitrogen and oxygen atoms in total. The highest BCUT2D eigenvalue weighted by molar-refractivity contribution is 6.00. The lowest BCUT2D eigenvalue weighted by atomic mass is 9.73. The van der Waals surface area contributed by atoms with Crippen molar-refractivity contribution >= 4 is 17.7 Å². The number of carbonyl (C=O) groups excluding carboxylic acids is 3. The number of hydrogen-bond donors (Lipinski definition) is 1. The summed E-state index contributed by atoms with van der Waals surface area (Å²) in [4.78, 5) is 47.3. The standard InChI is InChI=1S/C26H39N3O5/c1-6-13-27-14-9-11-25(8-3)19(22(27)31)20-23(32)29(18(7-2)16-30)21-24(33)28(17(4)5)15-10-12-26(20,21)34-25/h9-12,17-21,30H,6-8,13-16H2,1-5H3/t18-,19-,20-,21?,25+,26-/m0/s1. The first-order valence-electron chi connectivity index (χ1n) is 12.8. The first-order chi connectivity index (χ1) is 16.2. The van der Waals surface area contributed by atoms with Gasteiger partial charge in [-0.3, -0.25) is 14.4 Å². The Kier molecular flexibility index (Phi) is 6.68. The molecule has 4 aliphatic rings. The molecule has 0 aromatic carbocycles. The van der Waals surface area contributed by atoms with Crippen LogP contribution in [0.25, 0.3) is 0 Å². The minimum absolute atomic E-state index is 0.0638. The summed E-state index contributed by atoms with van der Waals surface area (Å²) in [5, 5.41) is 10.2. The van der Waals surface area contributed by atoms with Crippen molar-refractivity contribution in [2.75, 3.05) is 26.2 Å². The summed E-state index contributed by atoms with van der Waals surface area (Å²) in [6.07, 6.45) is 9.55. The fourth-order valence-electron chi connectivity index (χ4n) is 6.51. The quantitative estimate of drug-likeness (QED) is 0.569. The lowest BCUT2D eigenvalue weighted by molar-refractivity contribution is -0.158. The first kappa shape index (κ1) is 24.9. The highest BCUT2D eigenvalue weighted by Gasteiger charge is 2.75. The summed E-state index contributed by atoms with van der Waals surface area (Å²) in [5.74, 6) is -2.09. The van der Waals surface area contributed by atoms with Gasteiger partial charge in [0, 0.05) is 25.7 Å². The molecule has 0 radical (unpaired) electrons. The van der Waals surface area contributed by atoms with Crippen molar-refractivity contribution < 1.29 is 24.2 Å². The van der Waals surface area contributed by atoms with Crippen molar-refractivity contribution in [1.82, 2.24) is 14.7 Å². The molecule has 4 rings (SSSR count). The van der Waals surface area contributed by atoms with Gasteiger partial charge in [-0.2, -0.15) is 0 Å². The van der Waals surface area contributed by atoms with Crippen molar-refractivity contribution in [3.63, 3.8) is 0 Å². The molecule has 4 aliphatic heterocycles. The van der Waals surface area contributed by atoms with Crippen LogP contribution in [-0.2, 0) is 19.1 Å². The van der Waals surface area contributed by atoms with Crippen molar-refractivity contribution in [2.45, 2.75) is 83.2 Å². The molecule has 0 bridgehead atoms. The number of aliphatic hydroxyl groups excluding tert-OH is 1. The van der Waals surface area contributed by atoms with Gasteiger partial charge in [-0.1, -0.05) is 45.1 Å². The highest BCUT2D eigenvalue weighted by atomic mass is 16.5. The van der Waals surface area contributed by atoms with Crippen LogP contribution < -0.4 is 0 Å². The van der Waals surface area contributed by atoms with Crippen LogP contribution in [0.5, 0.6) is 0 Å². The summed E-state index contributed by atoms with van der Waals surface area (Å²) in [6, 6.07) is -1.50. The predicted molar refractivity (Wildman–Crippen MR) is 128 cm³/mol. The molecule has 4 heterocycles. The molecule has 0 aromatic heterocycles. The molecule has 2 saturated heterocycles. The zero-order valence-corrected chi connectivity index (χ0v) is 21.1. The average molecular weight is 474 g/mol. The van der Waals surface area contributed by atoms with Gasteiger partial charge in [-0.15, -0.1) is 0 Å². The van der Waals surface area contributed by atoms with E-state index in [0.29, 0.717) is 32.5 Å². The normalized spacial score (nSPS) is 36.0. The van der Waals surface area contributed by atoms with E-state index in [9.17, 15) is 19.5 Å². The summed E-state index contributed by atoms with van der Waals surface area (Å²) >= 11 is 0. The van der Waals surface area contributed by atoms with Crippen LogP contribution in [0.15, 0.2) is 24.3 Å². The Hall–Kier alpha value is -2.19. The van der Waals surface area contributed by atoms with E-state index >= 15 is 0 Å². The van der Waals surface area contributed by atoms with Crippen molar-refractivity contribution in [3.05, 3.63) is 24.3 Å². The number of nitrogens with zero attached hydrogens (tertiary/aromatic N) is 3. The van der Waals surface area contributed by atoms with Gasteiger partial charge in [-0.25, -0.2) is 0 Å². The Morgan fingerprint density at radius 1 is 1.03 bits per heavy atom. The molecule has 0 aromatic rings. The summed E-state index contributed by atoms with van der Waals surface area (Å²) in [7, 11) is 0. The second kappa shape index (κ2) is 9.11. The van der Waals surface area contributed by atoms with E-state index in [4.69, 9.17) is 4.74 Å². The number of aliphatic hydroxyl groups is 1. The number of carbonyl (C=O) groups is 3. The Labute approximate surface area is 202 Å². The minimum Gasteiger partial charge on any atom is -0.394 e. The second-order valence-corrected chi connectivity index (χ2v) is 10.3. The summed E-state index contributed by atoms with van der Waals surface area (Å²) in [5.41, 5.74) is -2.21. The maximum Gasteiger partial charge on any atom is 0.249 e. The maximum atomic E-state index is 14.2. The smallest absolute Gasteiger partial charge is 0.249 e. The number of ether oxygens (including phenoxy) is 1. The third-order valence-electron chi connectivity index (χ3n) is 8.18. The van der Waals surface area contributed by atoms with Crippen LogP contribution in [0.1, 0.15) is 53.9 Å². The summed E-state index contributed by atoms with van der Waals surface area (Å²) < 4.78 is 6.90. The molecule has 188 valence electrons. The Bertz CT molecular complexity index is 897. The predicted octanol–water partition coefficient (Wildman–Crippen LogP) is 1.73. The van der Waals surface area contributed by atoms with Gasteiger partial charge in [0.05, 0.1) is 30.1 Å². The fourth-order valence-corrected chi connectivity index (χ4v) is 6.51. The van der Waals surface area contributed by atoms with Gasteiger partial charge in [-0.05, 0) is 33.1 Å². The fraction of sp³-hybridized carbons (Fsp3) is 0.731. The molecule has 6 atom stereocenters. The third kappa shape index (κ3) is 3.36. The van der Waals surface area contributed by atoms with E-state index in [1.807, 2.05) is 58.9 Å². The molecule has 34 heavy (non-hydrogen) atoms. The number of rotatable bonds is 7. The molecular formula is C26H39N3O5. The highest BCUT2D eigenvalue weighted by Crippen LogP contribution is 2.59.